The number of nitrogens with zero attached hydrogens (tertiary/aromatic N) is 1. The molecular weight excluding hydrogens is 488 g/mol. The normalized spacial score (nSPS) is 15.3. The Morgan fingerprint density at radius 2 is 1.85 bits per heavy atom. The highest BCUT2D eigenvalue weighted by molar-refractivity contribution is 7.90. The van der Waals surface area contributed by atoms with Gasteiger partial charge in [-0.25, -0.2) is 13.4 Å². The monoisotopic (exact) mass is 512 g/mol. The van der Waals surface area contributed by atoms with Crippen molar-refractivity contribution in [2.75, 3.05) is 16.9 Å². The Labute approximate surface area is 201 Å². The van der Waals surface area contributed by atoms with Crippen molar-refractivity contribution in [1.29, 1.82) is 0 Å². The van der Waals surface area contributed by atoms with Crippen molar-refractivity contribution in [3.05, 3.63) is 39.4 Å². The summed E-state index contributed by atoms with van der Waals surface area (Å²) in [6.45, 7) is 1.87. The number of anilines is 2. The number of nitrogens with two attached hydrogens (primary N) is 1. The molecule has 1 aromatic heterocycles. The molecule has 0 bridgehead atoms. The number of halogens is 1. The highest BCUT2D eigenvalue weighted by Crippen LogP contribution is 2.33. The highest BCUT2D eigenvalue weighted by Gasteiger charge is 2.27. The van der Waals surface area contributed by atoms with Gasteiger partial charge in [-0.1, -0.05) is 47.4 Å². The van der Waals surface area contributed by atoms with Crippen LogP contribution in [-0.4, -0.2) is 37.3 Å². The van der Waals surface area contributed by atoms with Crippen molar-refractivity contribution >= 4 is 61.2 Å². The Morgan fingerprint density at radius 1 is 1.21 bits per heavy atom. The second-order valence-electron chi connectivity index (χ2n) is 8.10. The molecule has 0 saturated heterocycles. The van der Waals surface area contributed by atoms with Crippen LogP contribution in [0.5, 0.6) is 0 Å². The molecule has 0 spiro atoms. The number of Topliss-reactive ketones (excluding diaryl/α,β-unsaturated/α-hetero) is 1. The van der Waals surface area contributed by atoms with Crippen LogP contribution in [0, 0.1) is 12.8 Å². The fourth-order valence-corrected chi connectivity index (χ4v) is 5.48. The molecule has 1 saturated carbocycles. The van der Waals surface area contributed by atoms with Crippen molar-refractivity contribution < 1.29 is 22.8 Å². The summed E-state index contributed by atoms with van der Waals surface area (Å²) < 4.78 is 23.3. The van der Waals surface area contributed by atoms with Crippen LogP contribution >= 0.6 is 22.9 Å². The van der Waals surface area contributed by atoms with E-state index < -0.39 is 33.4 Å². The van der Waals surface area contributed by atoms with E-state index in [1.807, 2.05) is 6.92 Å². The van der Waals surface area contributed by atoms with Gasteiger partial charge in [-0.2, -0.15) is 0 Å². The van der Waals surface area contributed by atoms with E-state index in [4.69, 9.17) is 17.3 Å². The minimum atomic E-state index is -3.63. The molecule has 1 aliphatic rings. The van der Waals surface area contributed by atoms with Crippen molar-refractivity contribution in [2.45, 2.75) is 44.4 Å². The maximum absolute atomic E-state index is 12.9. The summed E-state index contributed by atoms with van der Waals surface area (Å²) in [7, 11) is -3.63. The van der Waals surface area contributed by atoms with Gasteiger partial charge in [-0.3, -0.25) is 14.4 Å². The third kappa shape index (κ3) is 6.38. The molecule has 1 atom stereocenters. The molecule has 33 heavy (non-hydrogen) atoms. The van der Waals surface area contributed by atoms with Crippen molar-refractivity contribution in [3.8, 4) is 0 Å². The number of aryl methyl sites for hydroxylation is 1. The SMILES string of the molecule is Cc1ccc(NC(=O)CC(=O)Nc2nc(C(N)S(C)(=O)=O)c(Cl)s2)c(C(=O)C2CCCC2)c1. The Balaban J connectivity index is 1.66. The van der Waals surface area contributed by atoms with Gasteiger partial charge in [-0.05, 0) is 31.9 Å². The molecule has 1 fully saturated rings. The van der Waals surface area contributed by atoms with Gasteiger partial charge in [0, 0.05) is 17.7 Å². The van der Waals surface area contributed by atoms with Crippen LogP contribution < -0.4 is 16.4 Å². The largest absolute Gasteiger partial charge is 0.325 e. The predicted octanol–water partition coefficient (Wildman–Crippen LogP) is 3.45. The van der Waals surface area contributed by atoms with Crippen LogP contribution in [0.25, 0.3) is 0 Å². The Kier molecular flexibility index (Phi) is 7.88. The summed E-state index contributed by atoms with van der Waals surface area (Å²) in [6, 6.07) is 5.19. The highest BCUT2D eigenvalue weighted by atomic mass is 35.5. The first kappa shape index (κ1) is 25.3. The summed E-state index contributed by atoms with van der Waals surface area (Å²) in [6.07, 6.45) is 4.12. The van der Waals surface area contributed by atoms with E-state index >= 15 is 0 Å². The lowest BCUT2D eigenvalue weighted by Gasteiger charge is -2.14. The molecule has 1 unspecified atom stereocenters. The minimum absolute atomic E-state index is 0.00289. The quantitative estimate of drug-likeness (QED) is 0.362. The van der Waals surface area contributed by atoms with Gasteiger partial charge in [0.1, 0.15) is 16.5 Å². The van der Waals surface area contributed by atoms with Crippen LogP contribution in [0.2, 0.25) is 4.34 Å². The van der Waals surface area contributed by atoms with Gasteiger partial charge >= 0.3 is 0 Å². The van der Waals surface area contributed by atoms with E-state index in [0.717, 1.165) is 48.8 Å². The molecule has 4 N–H and O–H groups in total. The lowest BCUT2D eigenvalue weighted by Crippen LogP contribution is -2.23. The first-order valence-corrected chi connectivity index (χ1v) is 13.5. The van der Waals surface area contributed by atoms with Crippen LogP contribution in [-0.2, 0) is 19.4 Å². The molecule has 3 rings (SSSR count). The van der Waals surface area contributed by atoms with Crippen LogP contribution in [0.1, 0.15) is 59.1 Å². The molecule has 2 amide bonds. The molecule has 178 valence electrons. The summed E-state index contributed by atoms with van der Waals surface area (Å²) in [4.78, 5) is 41.7. The first-order chi connectivity index (χ1) is 15.5. The maximum Gasteiger partial charge on any atom is 0.235 e. The number of rotatable bonds is 8. The number of hydrogen-bond donors (Lipinski definition) is 3. The number of sulfone groups is 1. The van der Waals surface area contributed by atoms with Crippen molar-refractivity contribution in [1.82, 2.24) is 4.98 Å². The van der Waals surface area contributed by atoms with Gasteiger partial charge < -0.3 is 16.4 Å². The zero-order chi connectivity index (χ0) is 24.3. The van der Waals surface area contributed by atoms with Crippen molar-refractivity contribution in [3.63, 3.8) is 0 Å². The van der Waals surface area contributed by atoms with Gasteiger partial charge in [0.15, 0.2) is 26.1 Å². The van der Waals surface area contributed by atoms with E-state index in [-0.39, 0.29) is 26.9 Å². The lowest BCUT2D eigenvalue weighted by atomic mass is 9.94. The number of aromatic nitrogens is 1. The van der Waals surface area contributed by atoms with E-state index in [1.54, 1.807) is 18.2 Å². The topological polar surface area (TPSA) is 148 Å². The smallest absolute Gasteiger partial charge is 0.235 e. The van der Waals surface area contributed by atoms with E-state index in [1.165, 1.54) is 0 Å². The molecule has 1 aliphatic carbocycles. The second-order valence-corrected chi connectivity index (χ2v) is 11.9. The number of hydrogen-bond acceptors (Lipinski definition) is 8. The summed E-state index contributed by atoms with van der Waals surface area (Å²) >= 11 is 6.85. The lowest BCUT2D eigenvalue weighted by molar-refractivity contribution is -0.123. The fraction of sp³-hybridized carbons (Fsp3) is 0.429. The van der Waals surface area contributed by atoms with E-state index in [9.17, 15) is 22.8 Å². The molecule has 0 radical (unpaired) electrons. The molecule has 12 heteroatoms. The molecule has 2 aromatic rings. The van der Waals surface area contributed by atoms with Gasteiger partial charge in [-0.15, -0.1) is 0 Å². The number of thiazole rings is 1. The van der Waals surface area contributed by atoms with Crippen LogP contribution in [0.3, 0.4) is 0 Å². The number of amides is 2. The molecule has 0 aliphatic heterocycles. The average molecular weight is 513 g/mol. The van der Waals surface area contributed by atoms with Crippen LogP contribution in [0.15, 0.2) is 18.2 Å². The molecular formula is C21H25ClN4O5S2. The standard InChI is InChI=1S/C21H25ClN4O5S2/c1-11-7-8-14(13(9-11)18(29)12-5-3-4-6-12)24-15(27)10-16(28)25-21-26-17(19(22)32-21)20(23)33(2,30)31/h7-9,12,20H,3-6,10,23H2,1-2H3,(H,24,27)(H,25,26,28). The number of ketones is 1. The third-order valence-corrected chi connectivity index (χ3v) is 7.69. The minimum Gasteiger partial charge on any atom is -0.325 e. The Hall–Kier alpha value is -2.34. The summed E-state index contributed by atoms with van der Waals surface area (Å²) in [5.74, 6) is -1.32. The maximum atomic E-state index is 12.9. The fourth-order valence-electron chi connectivity index (χ4n) is 3.63. The van der Waals surface area contributed by atoms with Crippen LogP contribution in [0.4, 0.5) is 10.8 Å². The summed E-state index contributed by atoms with van der Waals surface area (Å²) in [5, 5.41) is 3.68. The average Bonchev–Trinajstić information content (AvgIpc) is 3.37. The second kappa shape index (κ2) is 10.3. The Morgan fingerprint density at radius 3 is 2.48 bits per heavy atom. The van der Waals surface area contributed by atoms with Gasteiger partial charge in [0.25, 0.3) is 0 Å². The van der Waals surface area contributed by atoms with E-state index in [0.29, 0.717) is 11.3 Å². The number of carbonyl (C=O) groups excluding carboxylic acids is 3. The zero-order valence-electron chi connectivity index (χ0n) is 18.2. The molecule has 9 nitrogen and oxygen atoms in total. The number of benzene rings is 1. The zero-order valence-corrected chi connectivity index (χ0v) is 20.6. The van der Waals surface area contributed by atoms with E-state index in [2.05, 4.69) is 15.6 Å². The third-order valence-electron chi connectivity index (χ3n) is 5.35. The van der Waals surface area contributed by atoms with Crippen molar-refractivity contribution in [2.24, 2.45) is 11.7 Å². The molecule has 1 heterocycles. The number of nitrogens with one attached hydrogen (secondary N) is 2. The predicted molar refractivity (Wildman–Crippen MR) is 128 cm³/mol. The first-order valence-electron chi connectivity index (χ1n) is 10.3. The Bertz CT molecular complexity index is 1190. The number of carbonyl (C=O) groups is 3. The van der Waals surface area contributed by atoms with Gasteiger partial charge in [0.05, 0.1) is 5.69 Å². The van der Waals surface area contributed by atoms with Gasteiger partial charge in [0.2, 0.25) is 11.8 Å². The molecule has 1 aromatic carbocycles. The summed E-state index contributed by atoms with van der Waals surface area (Å²) in [5.41, 5.74) is 7.29.